The molecule has 0 aliphatic carbocycles. The van der Waals surface area contributed by atoms with Gasteiger partial charge in [-0.2, -0.15) is 4.31 Å². The summed E-state index contributed by atoms with van der Waals surface area (Å²) in [5.74, 6) is -0.224. The van der Waals surface area contributed by atoms with Crippen molar-refractivity contribution in [1.29, 1.82) is 0 Å². The molecule has 6 nitrogen and oxygen atoms in total. The third kappa shape index (κ3) is 5.75. The molecule has 0 heterocycles. The van der Waals surface area contributed by atoms with Crippen LogP contribution in [0.25, 0.3) is 0 Å². The van der Waals surface area contributed by atoms with Crippen LogP contribution in [0.2, 0.25) is 0 Å². The van der Waals surface area contributed by atoms with Crippen molar-refractivity contribution in [3.05, 3.63) is 30.3 Å². The van der Waals surface area contributed by atoms with Gasteiger partial charge in [0.2, 0.25) is 15.9 Å². The Labute approximate surface area is 133 Å². The molecule has 0 fully saturated rings. The van der Waals surface area contributed by atoms with E-state index in [0.717, 1.165) is 11.9 Å². The van der Waals surface area contributed by atoms with Crippen molar-refractivity contribution in [1.82, 2.24) is 9.21 Å². The lowest BCUT2D eigenvalue weighted by Gasteiger charge is -2.26. The van der Waals surface area contributed by atoms with Crippen LogP contribution in [0.1, 0.15) is 6.92 Å². The molecule has 22 heavy (non-hydrogen) atoms. The molecule has 124 valence electrons. The molecule has 0 aromatic heterocycles. The average Bonchev–Trinajstić information content (AvgIpc) is 2.44. The minimum absolute atomic E-state index is 0.143. The fourth-order valence-electron chi connectivity index (χ4n) is 2.02. The highest BCUT2D eigenvalue weighted by atomic mass is 32.2. The summed E-state index contributed by atoms with van der Waals surface area (Å²) in [5, 5.41) is 0. The molecule has 1 amide bonds. The molecule has 1 rings (SSSR count). The second-order valence-electron chi connectivity index (χ2n) is 5.37. The predicted molar refractivity (Wildman–Crippen MR) is 89.4 cm³/mol. The number of carbonyl (C=O) groups excluding carboxylic acids is 1. The fraction of sp³-hybridized carbons (Fsp3) is 0.533. The molecule has 0 bridgehead atoms. The van der Waals surface area contributed by atoms with Gasteiger partial charge >= 0.3 is 0 Å². The van der Waals surface area contributed by atoms with E-state index in [9.17, 15) is 13.2 Å². The quantitative estimate of drug-likeness (QED) is 0.711. The molecular formula is C15H25N3O3S. The molecular weight excluding hydrogens is 302 g/mol. The number of rotatable bonds is 8. The number of benzene rings is 1. The van der Waals surface area contributed by atoms with Gasteiger partial charge in [0.15, 0.2) is 0 Å². The van der Waals surface area contributed by atoms with E-state index in [-0.39, 0.29) is 12.5 Å². The second-order valence-corrected chi connectivity index (χ2v) is 7.36. The molecule has 0 aliphatic heterocycles. The van der Waals surface area contributed by atoms with Gasteiger partial charge < -0.3 is 9.80 Å². The molecule has 0 spiro atoms. The van der Waals surface area contributed by atoms with Crippen molar-refractivity contribution in [3.8, 4) is 0 Å². The number of hydrogen-bond donors (Lipinski definition) is 0. The third-order valence-corrected chi connectivity index (χ3v) is 4.51. The van der Waals surface area contributed by atoms with Crippen LogP contribution < -0.4 is 4.90 Å². The number of para-hydroxylation sites is 1. The Morgan fingerprint density at radius 3 is 2.14 bits per heavy atom. The maximum Gasteiger partial charge on any atom is 0.242 e. The van der Waals surface area contributed by atoms with Gasteiger partial charge in [0.05, 0.1) is 12.8 Å². The molecule has 0 N–H and O–H groups in total. The van der Waals surface area contributed by atoms with E-state index in [0.29, 0.717) is 19.6 Å². The number of amides is 1. The molecule has 1 aromatic carbocycles. The molecule has 0 saturated carbocycles. The zero-order valence-electron chi connectivity index (χ0n) is 13.7. The Morgan fingerprint density at radius 1 is 1.09 bits per heavy atom. The van der Waals surface area contributed by atoms with Gasteiger partial charge in [-0.3, -0.25) is 4.79 Å². The third-order valence-electron chi connectivity index (χ3n) is 3.26. The number of hydrogen-bond acceptors (Lipinski definition) is 4. The van der Waals surface area contributed by atoms with Crippen molar-refractivity contribution in [2.75, 3.05) is 51.4 Å². The lowest BCUT2D eigenvalue weighted by Crippen LogP contribution is -2.44. The highest BCUT2D eigenvalue weighted by Gasteiger charge is 2.23. The van der Waals surface area contributed by atoms with Crippen LogP contribution in [-0.2, 0) is 14.8 Å². The Morgan fingerprint density at radius 2 is 1.68 bits per heavy atom. The fourth-order valence-corrected chi connectivity index (χ4v) is 2.78. The topological polar surface area (TPSA) is 60.9 Å². The Bertz CT molecular complexity index is 573. The zero-order chi connectivity index (χ0) is 16.8. The SMILES string of the molecule is CCN(C(=O)CN(CCN(C)C)S(C)(=O)=O)c1ccccc1. The zero-order valence-corrected chi connectivity index (χ0v) is 14.5. The van der Waals surface area contributed by atoms with E-state index >= 15 is 0 Å². The maximum absolute atomic E-state index is 12.5. The first-order chi connectivity index (χ1) is 10.3. The van der Waals surface area contributed by atoms with Crippen LogP contribution in [0.3, 0.4) is 0 Å². The van der Waals surface area contributed by atoms with Crippen LogP contribution >= 0.6 is 0 Å². The summed E-state index contributed by atoms with van der Waals surface area (Å²) in [6.45, 7) is 3.08. The van der Waals surface area contributed by atoms with Crippen LogP contribution in [0.15, 0.2) is 30.3 Å². The van der Waals surface area contributed by atoms with Crippen molar-refractivity contribution in [3.63, 3.8) is 0 Å². The monoisotopic (exact) mass is 327 g/mol. The van der Waals surface area contributed by atoms with Gasteiger partial charge in [0, 0.05) is 25.3 Å². The number of carbonyl (C=O) groups is 1. The van der Waals surface area contributed by atoms with E-state index in [4.69, 9.17) is 0 Å². The highest BCUT2D eigenvalue weighted by molar-refractivity contribution is 7.88. The minimum Gasteiger partial charge on any atom is -0.312 e. The van der Waals surface area contributed by atoms with Crippen molar-refractivity contribution < 1.29 is 13.2 Å². The first kappa shape index (κ1) is 18.6. The van der Waals surface area contributed by atoms with Gasteiger partial charge in [-0.25, -0.2) is 8.42 Å². The molecule has 0 saturated heterocycles. The van der Waals surface area contributed by atoms with E-state index in [1.807, 2.05) is 56.3 Å². The molecule has 1 aromatic rings. The minimum atomic E-state index is -3.42. The van der Waals surface area contributed by atoms with Gasteiger partial charge in [0.25, 0.3) is 0 Å². The Balaban J connectivity index is 2.85. The predicted octanol–water partition coefficient (Wildman–Crippen LogP) is 0.863. The number of anilines is 1. The van der Waals surface area contributed by atoms with Crippen LogP contribution in [0.5, 0.6) is 0 Å². The largest absolute Gasteiger partial charge is 0.312 e. The molecule has 0 unspecified atom stereocenters. The molecule has 0 atom stereocenters. The smallest absolute Gasteiger partial charge is 0.242 e. The Kier molecular flexibility index (Phi) is 6.99. The van der Waals surface area contributed by atoms with Gasteiger partial charge in [-0.05, 0) is 33.2 Å². The summed E-state index contributed by atoms with van der Waals surface area (Å²) < 4.78 is 25.0. The molecule has 0 aliphatic rings. The maximum atomic E-state index is 12.5. The van der Waals surface area contributed by atoms with Gasteiger partial charge in [-0.1, -0.05) is 18.2 Å². The van der Waals surface area contributed by atoms with Crippen molar-refractivity contribution in [2.24, 2.45) is 0 Å². The standard InChI is InChI=1S/C15H25N3O3S/c1-5-18(14-9-7-6-8-10-14)15(19)13-17(22(4,20)21)12-11-16(2)3/h6-10H,5,11-13H2,1-4H3. The van der Waals surface area contributed by atoms with E-state index < -0.39 is 10.0 Å². The normalized spacial score (nSPS) is 11.9. The first-order valence-electron chi connectivity index (χ1n) is 7.21. The summed E-state index contributed by atoms with van der Waals surface area (Å²) in [7, 11) is 0.311. The lowest BCUT2D eigenvalue weighted by molar-refractivity contribution is -0.118. The van der Waals surface area contributed by atoms with Crippen LogP contribution in [0.4, 0.5) is 5.69 Å². The van der Waals surface area contributed by atoms with Crippen molar-refractivity contribution >= 4 is 21.6 Å². The van der Waals surface area contributed by atoms with E-state index in [1.165, 1.54) is 4.31 Å². The van der Waals surface area contributed by atoms with Crippen molar-refractivity contribution in [2.45, 2.75) is 6.92 Å². The van der Waals surface area contributed by atoms with E-state index in [1.54, 1.807) is 4.90 Å². The van der Waals surface area contributed by atoms with E-state index in [2.05, 4.69) is 0 Å². The summed E-state index contributed by atoms with van der Waals surface area (Å²) in [4.78, 5) is 16.0. The second kappa shape index (κ2) is 8.26. The summed E-state index contributed by atoms with van der Waals surface area (Å²) >= 11 is 0. The summed E-state index contributed by atoms with van der Waals surface area (Å²) in [6.07, 6.45) is 1.13. The Hall–Kier alpha value is -1.44. The number of likely N-dealkylation sites (N-methyl/N-ethyl adjacent to an activating group) is 2. The average molecular weight is 327 g/mol. The summed E-state index contributed by atoms with van der Waals surface area (Å²) in [6, 6.07) is 9.26. The molecule has 0 radical (unpaired) electrons. The number of nitrogens with zero attached hydrogens (tertiary/aromatic N) is 3. The first-order valence-corrected chi connectivity index (χ1v) is 9.05. The van der Waals surface area contributed by atoms with Crippen LogP contribution in [-0.4, -0.2) is 70.1 Å². The van der Waals surface area contributed by atoms with Crippen LogP contribution in [0, 0.1) is 0 Å². The summed E-state index contributed by atoms with van der Waals surface area (Å²) in [5.41, 5.74) is 0.774. The number of sulfonamides is 1. The van der Waals surface area contributed by atoms with Gasteiger partial charge in [0.1, 0.15) is 0 Å². The molecule has 7 heteroatoms. The van der Waals surface area contributed by atoms with Gasteiger partial charge in [-0.15, -0.1) is 0 Å². The lowest BCUT2D eigenvalue weighted by atomic mass is 10.3. The highest BCUT2D eigenvalue weighted by Crippen LogP contribution is 2.14.